The Kier molecular flexibility index (Phi) is 5.71. The number of rotatable bonds is 6. The highest BCUT2D eigenvalue weighted by Gasteiger charge is 2.14. The number of ether oxygens (including phenoxy) is 4. The van der Waals surface area contributed by atoms with Crippen LogP contribution in [0.3, 0.4) is 0 Å². The minimum Gasteiger partial charge on any atom is -0.486 e. The Morgan fingerprint density at radius 3 is 2.67 bits per heavy atom. The van der Waals surface area contributed by atoms with Crippen LogP contribution in [0.5, 0.6) is 17.2 Å². The average molecular weight is 372 g/mol. The zero-order valence-corrected chi connectivity index (χ0v) is 14.6. The van der Waals surface area contributed by atoms with Crippen LogP contribution in [0.4, 0.5) is 4.39 Å². The number of carbonyl (C=O) groups excluding carboxylic acids is 2. The molecule has 0 radical (unpaired) electrons. The number of ketones is 1. The maximum atomic E-state index is 13.6. The molecule has 1 aliphatic rings. The van der Waals surface area contributed by atoms with Gasteiger partial charge in [-0.25, -0.2) is 9.18 Å². The van der Waals surface area contributed by atoms with E-state index in [1.165, 1.54) is 19.3 Å². The summed E-state index contributed by atoms with van der Waals surface area (Å²) in [5.74, 6) is -0.319. The number of carbonyl (C=O) groups is 2. The summed E-state index contributed by atoms with van der Waals surface area (Å²) < 4.78 is 34.3. The van der Waals surface area contributed by atoms with E-state index in [1.807, 2.05) is 0 Å². The van der Waals surface area contributed by atoms with E-state index in [-0.39, 0.29) is 17.9 Å². The van der Waals surface area contributed by atoms with Gasteiger partial charge in [0, 0.05) is 0 Å². The fourth-order valence-corrected chi connectivity index (χ4v) is 2.44. The van der Waals surface area contributed by atoms with Gasteiger partial charge in [0.2, 0.25) is 0 Å². The molecule has 0 atom stereocenters. The van der Waals surface area contributed by atoms with Crippen LogP contribution in [0.15, 0.2) is 42.5 Å². The predicted octanol–water partition coefficient (Wildman–Crippen LogP) is 3.04. The van der Waals surface area contributed by atoms with Gasteiger partial charge < -0.3 is 18.9 Å². The minimum absolute atomic E-state index is 0.00713. The van der Waals surface area contributed by atoms with Gasteiger partial charge in [-0.1, -0.05) is 12.1 Å². The first kappa shape index (κ1) is 18.4. The second-order valence-corrected chi connectivity index (χ2v) is 5.61. The van der Waals surface area contributed by atoms with Crippen molar-refractivity contribution in [2.24, 2.45) is 0 Å². The molecule has 0 saturated heterocycles. The van der Waals surface area contributed by atoms with Crippen molar-refractivity contribution in [1.29, 1.82) is 0 Å². The van der Waals surface area contributed by atoms with Crippen LogP contribution in [0.2, 0.25) is 0 Å². The first-order valence-corrected chi connectivity index (χ1v) is 8.18. The zero-order valence-electron chi connectivity index (χ0n) is 14.6. The highest BCUT2D eigenvalue weighted by Crippen LogP contribution is 2.31. The first-order chi connectivity index (χ1) is 13.1. The Morgan fingerprint density at radius 1 is 1.11 bits per heavy atom. The molecule has 1 aliphatic heterocycles. The van der Waals surface area contributed by atoms with Gasteiger partial charge in [0.05, 0.1) is 12.7 Å². The smallest absolute Gasteiger partial charge is 0.343 e. The van der Waals surface area contributed by atoms with Crippen LogP contribution in [-0.2, 0) is 9.53 Å². The molecule has 1 heterocycles. The third-order valence-electron chi connectivity index (χ3n) is 3.77. The van der Waals surface area contributed by atoms with Crippen LogP contribution < -0.4 is 14.2 Å². The molecular weight excluding hydrogens is 355 g/mol. The number of allylic oxidation sites excluding steroid dienone is 1. The summed E-state index contributed by atoms with van der Waals surface area (Å²) in [6.45, 7) is 0.576. The van der Waals surface area contributed by atoms with Crippen molar-refractivity contribution in [2.75, 3.05) is 26.9 Å². The minimum atomic E-state index is -0.607. The Bertz CT molecular complexity index is 890. The Labute approximate surface area is 155 Å². The average Bonchev–Trinajstić information content (AvgIpc) is 2.70. The second kappa shape index (κ2) is 8.35. The predicted molar refractivity (Wildman–Crippen MR) is 94.7 cm³/mol. The van der Waals surface area contributed by atoms with Crippen molar-refractivity contribution in [3.63, 3.8) is 0 Å². The van der Waals surface area contributed by atoms with E-state index < -0.39 is 17.6 Å². The topological polar surface area (TPSA) is 71.1 Å². The van der Waals surface area contributed by atoms with E-state index in [0.29, 0.717) is 24.7 Å². The zero-order chi connectivity index (χ0) is 19.2. The van der Waals surface area contributed by atoms with E-state index in [0.717, 1.165) is 17.7 Å². The van der Waals surface area contributed by atoms with E-state index in [2.05, 4.69) is 4.74 Å². The van der Waals surface area contributed by atoms with Crippen LogP contribution in [0.25, 0.3) is 6.08 Å². The van der Waals surface area contributed by atoms with Gasteiger partial charge in [-0.15, -0.1) is 0 Å². The molecule has 2 aromatic carbocycles. The van der Waals surface area contributed by atoms with Gasteiger partial charge in [-0.2, -0.15) is 0 Å². The Balaban J connectivity index is 1.78. The molecule has 2 aromatic rings. The molecule has 27 heavy (non-hydrogen) atoms. The molecule has 3 rings (SSSR count). The van der Waals surface area contributed by atoms with Crippen molar-refractivity contribution in [1.82, 2.24) is 0 Å². The maximum Gasteiger partial charge on any atom is 0.343 e. The molecule has 0 aliphatic carbocycles. The van der Waals surface area contributed by atoms with Crippen molar-refractivity contribution >= 4 is 17.8 Å². The summed E-state index contributed by atoms with van der Waals surface area (Å²) in [5, 5.41) is 0. The van der Waals surface area contributed by atoms with Gasteiger partial charge >= 0.3 is 5.97 Å². The van der Waals surface area contributed by atoms with E-state index in [4.69, 9.17) is 14.2 Å². The van der Waals surface area contributed by atoms with Crippen molar-refractivity contribution in [2.45, 2.75) is 0 Å². The van der Waals surface area contributed by atoms with E-state index in [1.54, 1.807) is 24.3 Å². The summed E-state index contributed by atoms with van der Waals surface area (Å²) in [5.41, 5.74) is 0.730. The Morgan fingerprint density at radius 2 is 1.89 bits per heavy atom. The van der Waals surface area contributed by atoms with Crippen LogP contribution in [-0.4, -0.2) is 38.7 Å². The lowest BCUT2D eigenvalue weighted by Gasteiger charge is -2.18. The highest BCUT2D eigenvalue weighted by atomic mass is 19.1. The molecule has 0 aromatic heterocycles. The van der Waals surface area contributed by atoms with E-state index >= 15 is 0 Å². The van der Waals surface area contributed by atoms with Gasteiger partial charge in [0.15, 0.2) is 23.9 Å². The number of hydrogen-bond acceptors (Lipinski definition) is 6. The molecule has 0 spiro atoms. The van der Waals surface area contributed by atoms with Gasteiger partial charge in [0.25, 0.3) is 0 Å². The van der Waals surface area contributed by atoms with Gasteiger partial charge in [-0.05, 0) is 42.0 Å². The monoisotopic (exact) mass is 372 g/mol. The van der Waals surface area contributed by atoms with Crippen LogP contribution in [0.1, 0.15) is 15.9 Å². The molecule has 0 amide bonds. The molecule has 0 N–H and O–H groups in total. The van der Waals surface area contributed by atoms with Crippen molar-refractivity contribution in [3.8, 4) is 17.2 Å². The molecule has 0 saturated carbocycles. The number of benzene rings is 2. The molecule has 140 valence electrons. The molecule has 0 fully saturated rings. The van der Waals surface area contributed by atoms with Crippen LogP contribution in [0, 0.1) is 5.82 Å². The van der Waals surface area contributed by atoms with E-state index in [9.17, 15) is 14.0 Å². The maximum absolute atomic E-state index is 13.6. The van der Waals surface area contributed by atoms with Crippen LogP contribution >= 0.6 is 0 Å². The number of methoxy groups -OCH3 is 1. The molecular formula is C20H17FO6. The molecule has 6 nitrogen and oxygen atoms in total. The summed E-state index contributed by atoms with van der Waals surface area (Å²) in [6, 6.07) is 8.78. The molecule has 0 unspecified atom stereocenters. The number of esters is 1. The fraction of sp³-hybridized carbons (Fsp3) is 0.200. The lowest BCUT2D eigenvalue weighted by molar-refractivity contribution is -0.142. The van der Waals surface area contributed by atoms with Gasteiger partial charge in [-0.3, -0.25) is 4.79 Å². The number of hydrogen-bond donors (Lipinski definition) is 0. The van der Waals surface area contributed by atoms with Gasteiger partial charge in [0.1, 0.15) is 24.8 Å². The largest absolute Gasteiger partial charge is 0.486 e. The normalized spacial score (nSPS) is 12.7. The third kappa shape index (κ3) is 4.63. The number of halogens is 1. The lowest BCUT2D eigenvalue weighted by atomic mass is 10.1. The summed E-state index contributed by atoms with van der Waals surface area (Å²) in [6.07, 6.45) is 2.88. The standard InChI is InChI=1S/C20H17FO6/c1-24-20(23)12-27-17-7-4-14(21)11-15(17)16(22)5-2-13-3-6-18-19(10-13)26-9-8-25-18/h2-7,10-11H,8-9,12H2,1H3/b5-2+. The third-order valence-corrected chi connectivity index (χ3v) is 3.77. The first-order valence-electron chi connectivity index (χ1n) is 8.18. The summed E-state index contributed by atoms with van der Waals surface area (Å²) >= 11 is 0. The SMILES string of the molecule is COC(=O)COc1ccc(F)cc1C(=O)/C=C/c1ccc2c(c1)OCCO2. The lowest BCUT2D eigenvalue weighted by Crippen LogP contribution is -2.15. The Hall–Kier alpha value is -3.35. The molecule has 0 bridgehead atoms. The summed E-state index contributed by atoms with van der Waals surface area (Å²) in [7, 11) is 1.22. The number of fused-ring (bicyclic) bond motifs is 1. The molecule has 7 heteroatoms. The quantitative estimate of drug-likeness (QED) is 0.441. The summed E-state index contributed by atoms with van der Waals surface area (Å²) in [4.78, 5) is 23.7. The fourth-order valence-electron chi connectivity index (χ4n) is 2.44. The second-order valence-electron chi connectivity index (χ2n) is 5.61. The van der Waals surface area contributed by atoms with Crippen molar-refractivity contribution < 1.29 is 32.9 Å². The highest BCUT2D eigenvalue weighted by molar-refractivity contribution is 6.08. The van der Waals surface area contributed by atoms with Crippen molar-refractivity contribution in [3.05, 3.63) is 59.4 Å².